The van der Waals surface area contributed by atoms with E-state index in [1.807, 2.05) is 0 Å². The van der Waals surface area contributed by atoms with Gasteiger partial charge in [-0.2, -0.15) is 0 Å². The van der Waals surface area contributed by atoms with Crippen LogP contribution < -0.4 is 0 Å². The van der Waals surface area contributed by atoms with Crippen molar-refractivity contribution in [1.29, 1.82) is 0 Å². The highest BCUT2D eigenvalue weighted by Crippen LogP contribution is 2.20. The molecule has 0 aliphatic rings. The van der Waals surface area contributed by atoms with Crippen LogP contribution in [0.25, 0.3) is 0 Å². The molecule has 2 rings (SSSR count). The summed E-state index contributed by atoms with van der Waals surface area (Å²) in [7, 11) is 0. The summed E-state index contributed by atoms with van der Waals surface area (Å²) >= 11 is 11.5. The number of phenols is 1. The van der Waals surface area contributed by atoms with E-state index in [1.54, 1.807) is 18.2 Å². The molecule has 0 unspecified atom stereocenters. The van der Waals surface area contributed by atoms with Crippen LogP contribution >= 0.6 is 23.2 Å². The second-order valence-electron chi connectivity index (χ2n) is 3.92. The fourth-order valence-electron chi connectivity index (χ4n) is 1.52. The number of phenolic OH excluding ortho intramolecular Hbond substituents is 1. The van der Waals surface area contributed by atoms with Gasteiger partial charge in [-0.05, 0) is 35.9 Å². The second-order valence-corrected chi connectivity index (χ2v) is 4.77. The predicted molar refractivity (Wildman–Crippen MR) is 75.8 cm³/mol. The Hall–Kier alpha value is -1.58. The van der Waals surface area contributed by atoms with Gasteiger partial charge in [-0.1, -0.05) is 29.3 Å². The van der Waals surface area contributed by atoms with E-state index in [4.69, 9.17) is 23.2 Å². The highest BCUT2D eigenvalue weighted by Gasteiger charge is 2.01. The molecule has 2 aromatic carbocycles. The van der Waals surface area contributed by atoms with E-state index in [0.717, 1.165) is 5.56 Å². The molecule has 0 radical (unpaired) electrons. The average molecular weight is 298 g/mol. The third-order valence-corrected chi connectivity index (χ3v) is 3.00. The minimum absolute atomic E-state index is 0.0679. The van der Waals surface area contributed by atoms with Crippen molar-refractivity contribution in [2.24, 2.45) is 4.99 Å². The van der Waals surface area contributed by atoms with Gasteiger partial charge in [0.15, 0.2) is 0 Å². The van der Waals surface area contributed by atoms with Crippen molar-refractivity contribution in [2.45, 2.75) is 6.54 Å². The lowest BCUT2D eigenvalue weighted by Gasteiger charge is -2.00. The molecule has 0 aliphatic carbocycles. The molecule has 2 aromatic rings. The van der Waals surface area contributed by atoms with Gasteiger partial charge in [-0.25, -0.2) is 4.39 Å². The van der Waals surface area contributed by atoms with Crippen molar-refractivity contribution in [1.82, 2.24) is 0 Å². The highest BCUT2D eigenvalue weighted by molar-refractivity contribution is 6.31. The Morgan fingerprint density at radius 1 is 1.16 bits per heavy atom. The normalized spacial score (nSPS) is 11.1. The summed E-state index contributed by atoms with van der Waals surface area (Å²) in [6, 6.07) is 9.12. The van der Waals surface area contributed by atoms with Gasteiger partial charge in [0.1, 0.15) is 11.6 Å². The molecule has 0 saturated heterocycles. The van der Waals surface area contributed by atoms with Crippen LogP contribution in [-0.2, 0) is 6.54 Å². The monoisotopic (exact) mass is 297 g/mol. The van der Waals surface area contributed by atoms with Crippen LogP contribution in [0.5, 0.6) is 5.75 Å². The topological polar surface area (TPSA) is 32.6 Å². The van der Waals surface area contributed by atoms with Crippen molar-refractivity contribution in [3.05, 3.63) is 63.4 Å². The van der Waals surface area contributed by atoms with Gasteiger partial charge in [0.2, 0.25) is 0 Å². The molecule has 0 amide bonds. The number of halogens is 3. The first kappa shape index (κ1) is 13.8. The third kappa shape index (κ3) is 3.69. The van der Waals surface area contributed by atoms with Crippen LogP contribution in [0, 0.1) is 5.82 Å². The lowest BCUT2D eigenvalue weighted by molar-refractivity contribution is 0.474. The van der Waals surface area contributed by atoms with Crippen LogP contribution in [-0.4, -0.2) is 11.3 Å². The number of rotatable bonds is 3. The molecular weight excluding hydrogens is 288 g/mol. The molecule has 0 aliphatic heterocycles. The Balaban J connectivity index is 2.11. The first-order valence-corrected chi connectivity index (χ1v) is 6.24. The molecule has 19 heavy (non-hydrogen) atoms. The zero-order valence-corrected chi connectivity index (χ0v) is 11.3. The maximum atomic E-state index is 13.0. The second kappa shape index (κ2) is 6.04. The van der Waals surface area contributed by atoms with Crippen LogP contribution in [0.15, 0.2) is 41.4 Å². The van der Waals surface area contributed by atoms with E-state index < -0.39 is 5.82 Å². The van der Waals surface area contributed by atoms with Crippen LogP contribution in [0.1, 0.15) is 11.1 Å². The molecule has 1 N–H and O–H groups in total. The number of hydrogen-bond acceptors (Lipinski definition) is 2. The van der Waals surface area contributed by atoms with Crippen LogP contribution in [0.4, 0.5) is 4.39 Å². The quantitative estimate of drug-likeness (QED) is 0.834. The Bertz CT molecular complexity index is 629. The SMILES string of the molecule is Oc1ccc(Cl)cc1C=NCc1ccc(F)c(Cl)c1. The molecule has 0 atom stereocenters. The molecule has 2 nitrogen and oxygen atoms in total. The molecule has 0 aromatic heterocycles. The summed E-state index contributed by atoms with van der Waals surface area (Å²) in [5.41, 5.74) is 1.31. The van der Waals surface area contributed by atoms with Gasteiger partial charge >= 0.3 is 0 Å². The zero-order valence-electron chi connectivity index (χ0n) is 9.78. The molecule has 0 spiro atoms. The van der Waals surface area contributed by atoms with Crippen molar-refractivity contribution in [3.63, 3.8) is 0 Å². The van der Waals surface area contributed by atoms with E-state index in [2.05, 4.69) is 4.99 Å². The molecule has 98 valence electrons. The summed E-state index contributed by atoms with van der Waals surface area (Å²) in [5, 5.41) is 10.2. The van der Waals surface area contributed by atoms with Gasteiger partial charge < -0.3 is 5.11 Å². The lowest BCUT2D eigenvalue weighted by Crippen LogP contribution is -1.87. The average Bonchev–Trinajstić information content (AvgIpc) is 2.38. The first-order valence-electron chi connectivity index (χ1n) is 5.48. The third-order valence-electron chi connectivity index (χ3n) is 2.48. The van der Waals surface area contributed by atoms with Crippen molar-refractivity contribution >= 4 is 29.4 Å². The molecule has 0 heterocycles. The number of aliphatic imine (C=N–C) groups is 1. The molecule has 0 bridgehead atoms. The Kier molecular flexibility index (Phi) is 4.40. The smallest absolute Gasteiger partial charge is 0.141 e. The van der Waals surface area contributed by atoms with Crippen molar-refractivity contribution in [3.8, 4) is 5.75 Å². The van der Waals surface area contributed by atoms with Crippen molar-refractivity contribution in [2.75, 3.05) is 0 Å². The van der Waals surface area contributed by atoms with E-state index in [1.165, 1.54) is 24.4 Å². The minimum Gasteiger partial charge on any atom is -0.507 e. The molecule has 0 saturated carbocycles. The Morgan fingerprint density at radius 3 is 2.68 bits per heavy atom. The van der Waals surface area contributed by atoms with Gasteiger partial charge in [0.25, 0.3) is 0 Å². The van der Waals surface area contributed by atoms with Crippen LogP contribution in [0.2, 0.25) is 10.0 Å². The lowest BCUT2D eigenvalue weighted by atomic mass is 10.2. The maximum absolute atomic E-state index is 13.0. The molecular formula is C14H10Cl2FNO. The minimum atomic E-state index is -0.457. The maximum Gasteiger partial charge on any atom is 0.141 e. The number of aromatic hydroxyl groups is 1. The summed E-state index contributed by atoms with van der Waals surface area (Å²) in [6.07, 6.45) is 1.51. The van der Waals surface area contributed by atoms with E-state index >= 15 is 0 Å². The first-order chi connectivity index (χ1) is 9.06. The molecule has 5 heteroatoms. The largest absolute Gasteiger partial charge is 0.507 e. The number of hydrogen-bond donors (Lipinski definition) is 1. The summed E-state index contributed by atoms with van der Waals surface area (Å²) in [6.45, 7) is 0.339. The molecule has 0 fully saturated rings. The van der Waals surface area contributed by atoms with Gasteiger partial charge in [0.05, 0.1) is 11.6 Å². The fraction of sp³-hybridized carbons (Fsp3) is 0.0714. The summed E-state index contributed by atoms with van der Waals surface area (Å²) < 4.78 is 13.0. The number of benzene rings is 2. The van der Waals surface area contributed by atoms with Gasteiger partial charge in [0, 0.05) is 16.8 Å². The number of nitrogens with zero attached hydrogens (tertiary/aromatic N) is 1. The standard InChI is InChI=1S/C14H10Cl2FNO/c15-11-2-4-14(19)10(6-11)8-18-7-9-1-3-13(17)12(16)5-9/h1-6,8,19H,7H2. The predicted octanol–water partition coefficient (Wildman–Crippen LogP) is 4.46. The van der Waals surface area contributed by atoms with Gasteiger partial charge in [-0.3, -0.25) is 4.99 Å². The van der Waals surface area contributed by atoms with E-state index in [-0.39, 0.29) is 10.8 Å². The highest BCUT2D eigenvalue weighted by atomic mass is 35.5. The Labute approximate surface area is 120 Å². The Morgan fingerprint density at radius 2 is 1.95 bits per heavy atom. The fourth-order valence-corrected chi connectivity index (χ4v) is 1.90. The van der Waals surface area contributed by atoms with Gasteiger partial charge in [-0.15, -0.1) is 0 Å². The van der Waals surface area contributed by atoms with E-state index in [9.17, 15) is 9.50 Å². The zero-order chi connectivity index (χ0) is 13.8. The van der Waals surface area contributed by atoms with Crippen LogP contribution in [0.3, 0.4) is 0 Å². The van der Waals surface area contributed by atoms with Crippen molar-refractivity contribution < 1.29 is 9.50 Å². The van der Waals surface area contributed by atoms with E-state index in [0.29, 0.717) is 17.1 Å². The summed E-state index contributed by atoms with van der Waals surface area (Å²) in [5.74, 6) is -0.354. The summed E-state index contributed by atoms with van der Waals surface area (Å²) in [4.78, 5) is 4.16.